The van der Waals surface area contributed by atoms with Gasteiger partial charge in [-0.05, 0) is 23.8 Å². The molecule has 0 aliphatic carbocycles. The third-order valence-electron chi connectivity index (χ3n) is 8.72. The number of piperazine rings is 1. The van der Waals surface area contributed by atoms with Gasteiger partial charge < -0.3 is 35.0 Å². The van der Waals surface area contributed by atoms with Gasteiger partial charge in [0.05, 0.1) is 30.9 Å². The van der Waals surface area contributed by atoms with E-state index in [1.165, 1.54) is 34.6 Å². The van der Waals surface area contributed by atoms with E-state index in [1.54, 1.807) is 41.3 Å². The summed E-state index contributed by atoms with van der Waals surface area (Å²) in [5.41, 5.74) is 1.40. The summed E-state index contributed by atoms with van der Waals surface area (Å²) in [6.07, 6.45) is -1.79. The highest BCUT2D eigenvalue weighted by Gasteiger charge is 2.54. The first-order chi connectivity index (χ1) is 24.0. The minimum atomic E-state index is -1.34. The molecular weight excluding hydrogens is 675 g/mol. The van der Waals surface area contributed by atoms with Crippen molar-refractivity contribution < 1.29 is 47.7 Å². The first-order valence-electron chi connectivity index (χ1n) is 15.9. The predicted molar refractivity (Wildman–Crippen MR) is 178 cm³/mol. The third-order valence-corrected chi connectivity index (χ3v) is 10.1. The van der Waals surface area contributed by atoms with Gasteiger partial charge in [0.2, 0.25) is 11.8 Å². The number of hydrogen-bond acceptors (Lipinski definition) is 10. The summed E-state index contributed by atoms with van der Waals surface area (Å²) in [6, 6.07) is 12.6. The number of hydrogen-bond donors (Lipinski definition) is 3. The lowest BCUT2D eigenvalue weighted by atomic mass is 10.0. The summed E-state index contributed by atoms with van der Waals surface area (Å²) in [5, 5.41) is 14.7. The molecule has 264 valence electrons. The maximum Gasteiger partial charge on any atom is 0.414 e. The third kappa shape index (κ3) is 7.31. The van der Waals surface area contributed by atoms with Gasteiger partial charge in [-0.1, -0.05) is 30.3 Å². The Morgan fingerprint density at radius 3 is 2.48 bits per heavy atom. The average Bonchev–Trinajstić information content (AvgIpc) is 3.48. The number of thioether (sulfide) groups is 1. The maximum atomic E-state index is 15.2. The first kappa shape index (κ1) is 34.5. The number of benzene rings is 2. The van der Waals surface area contributed by atoms with Crippen molar-refractivity contribution in [2.45, 2.75) is 30.9 Å². The van der Waals surface area contributed by atoms with Crippen molar-refractivity contribution in [1.29, 1.82) is 0 Å². The molecule has 4 heterocycles. The van der Waals surface area contributed by atoms with Crippen LogP contribution in [-0.2, 0) is 35.1 Å². The van der Waals surface area contributed by atoms with Gasteiger partial charge in [0.1, 0.15) is 35.6 Å². The van der Waals surface area contributed by atoms with Crippen LogP contribution in [0.4, 0.5) is 25.4 Å². The van der Waals surface area contributed by atoms with Crippen molar-refractivity contribution in [3.05, 3.63) is 71.2 Å². The molecule has 0 radical (unpaired) electrons. The Balaban J connectivity index is 0.997. The van der Waals surface area contributed by atoms with Crippen LogP contribution in [0.25, 0.3) is 0 Å². The maximum absolute atomic E-state index is 15.2. The molecule has 0 aromatic heterocycles. The zero-order valence-corrected chi connectivity index (χ0v) is 27.8. The number of ether oxygens (including phenoxy) is 2. The molecule has 5 amide bonds. The summed E-state index contributed by atoms with van der Waals surface area (Å²) in [4.78, 5) is 79.8. The molecule has 0 unspecified atom stereocenters. The molecule has 0 spiro atoms. The number of carbonyl (C=O) groups excluding carboxylic acids is 5. The van der Waals surface area contributed by atoms with Crippen molar-refractivity contribution in [2.24, 2.45) is 0 Å². The van der Waals surface area contributed by atoms with Gasteiger partial charge >= 0.3 is 18.2 Å². The number of amides is 5. The van der Waals surface area contributed by atoms with Crippen LogP contribution >= 0.6 is 11.8 Å². The first-order valence-corrected chi connectivity index (χ1v) is 17.0. The van der Waals surface area contributed by atoms with E-state index in [1.807, 2.05) is 6.07 Å². The van der Waals surface area contributed by atoms with Crippen LogP contribution in [0.3, 0.4) is 0 Å². The van der Waals surface area contributed by atoms with Gasteiger partial charge in [-0.25, -0.2) is 18.8 Å². The number of anilines is 2. The van der Waals surface area contributed by atoms with Crippen LogP contribution in [0.2, 0.25) is 0 Å². The van der Waals surface area contributed by atoms with E-state index in [2.05, 4.69) is 10.6 Å². The van der Waals surface area contributed by atoms with Gasteiger partial charge in [-0.15, -0.1) is 11.8 Å². The largest absolute Gasteiger partial charge is 0.477 e. The standard InChI is InChI=1S/C33H35FN6O9S/c1-19(41)35-15-23-16-39(33(47)49-23)22-7-8-25(24(34)14-22)37-9-11-38(12-10-37)32(46)48-17-21-18-50-30-27(29(43)40(30)28(21)31(44)45)36-26(42)13-20-5-3-2-4-6-20/h2-8,14,23,27,30H,9-13,15-18H2,1H3,(H,35,41)(H,36,42)(H,44,45)/t23-,27+,30+/m0/s1. The lowest BCUT2D eigenvalue weighted by Crippen LogP contribution is -2.70. The number of β-lactam (4-membered cyclic amide) rings is 1. The van der Waals surface area contributed by atoms with Crippen LogP contribution in [0, 0.1) is 5.82 Å². The molecule has 0 bridgehead atoms. The fourth-order valence-corrected chi connectivity index (χ4v) is 7.51. The lowest BCUT2D eigenvalue weighted by Gasteiger charge is -2.49. The highest BCUT2D eigenvalue weighted by molar-refractivity contribution is 8.00. The monoisotopic (exact) mass is 710 g/mol. The number of fused-ring (bicyclic) bond motifs is 1. The molecule has 4 aliphatic heterocycles. The van der Waals surface area contributed by atoms with E-state index in [-0.39, 0.29) is 81.1 Å². The molecule has 3 saturated heterocycles. The average molecular weight is 711 g/mol. The quantitative estimate of drug-likeness (QED) is 0.305. The second kappa shape index (κ2) is 14.7. The van der Waals surface area contributed by atoms with Crippen LogP contribution in [0.5, 0.6) is 0 Å². The number of carbonyl (C=O) groups is 6. The zero-order valence-electron chi connectivity index (χ0n) is 27.0. The number of carboxylic acids is 1. The van der Waals surface area contributed by atoms with Gasteiger partial charge in [-0.3, -0.25) is 24.2 Å². The highest BCUT2D eigenvalue weighted by atomic mass is 32.2. The van der Waals surface area contributed by atoms with Crippen molar-refractivity contribution in [2.75, 3.05) is 61.4 Å². The molecule has 17 heteroatoms. The molecule has 2 aromatic rings. The van der Waals surface area contributed by atoms with Crippen LogP contribution in [-0.4, -0.2) is 120 Å². The molecule has 15 nitrogen and oxygen atoms in total. The Hall–Kier alpha value is -5.32. The minimum absolute atomic E-state index is 0.0838. The smallest absolute Gasteiger partial charge is 0.414 e. The fourth-order valence-electron chi connectivity index (χ4n) is 6.19. The fraction of sp³-hybridized carbons (Fsp3) is 0.394. The number of cyclic esters (lactones) is 1. The molecule has 4 aliphatic rings. The zero-order chi connectivity index (χ0) is 35.5. The normalized spacial score (nSPS) is 21.7. The second-order valence-corrected chi connectivity index (χ2v) is 13.2. The Labute approximate surface area is 290 Å². The highest BCUT2D eigenvalue weighted by Crippen LogP contribution is 2.40. The molecular formula is C33H35FN6O9S. The molecule has 3 fully saturated rings. The molecule has 3 N–H and O–H groups in total. The Morgan fingerprint density at radius 1 is 1.06 bits per heavy atom. The number of aliphatic carboxylic acids is 1. The molecule has 6 rings (SSSR count). The molecule has 50 heavy (non-hydrogen) atoms. The number of nitrogens with one attached hydrogen (secondary N) is 2. The Kier molecular flexibility index (Phi) is 10.1. The van der Waals surface area contributed by atoms with E-state index in [9.17, 15) is 33.9 Å². The Bertz CT molecular complexity index is 1740. The number of nitrogens with zero attached hydrogens (tertiary/aromatic N) is 4. The van der Waals surface area contributed by atoms with E-state index >= 15 is 4.39 Å². The van der Waals surface area contributed by atoms with Crippen molar-refractivity contribution in [3.63, 3.8) is 0 Å². The number of halogens is 1. The number of carboxylic acid groups (broad SMARTS) is 1. The Morgan fingerprint density at radius 2 is 1.80 bits per heavy atom. The summed E-state index contributed by atoms with van der Waals surface area (Å²) in [7, 11) is 0. The van der Waals surface area contributed by atoms with Gasteiger partial charge in [0.25, 0.3) is 5.91 Å². The van der Waals surface area contributed by atoms with Crippen molar-refractivity contribution in [3.8, 4) is 0 Å². The molecule has 3 atom stereocenters. The summed E-state index contributed by atoms with van der Waals surface area (Å²) in [5.74, 6) is -2.86. The summed E-state index contributed by atoms with van der Waals surface area (Å²) >= 11 is 1.28. The summed E-state index contributed by atoms with van der Waals surface area (Å²) < 4.78 is 26.0. The van der Waals surface area contributed by atoms with Gasteiger partial charge in [0, 0.05) is 44.4 Å². The summed E-state index contributed by atoms with van der Waals surface area (Å²) in [6.45, 7) is 2.32. The van der Waals surface area contributed by atoms with E-state index in [4.69, 9.17) is 9.47 Å². The lowest BCUT2D eigenvalue weighted by molar-refractivity contribution is -0.150. The van der Waals surface area contributed by atoms with Crippen LogP contribution in [0.15, 0.2) is 59.8 Å². The molecule has 2 aromatic carbocycles. The van der Waals surface area contributed by atoms with Crippen LogP contribution < -0.4 is 20.4 Å². The SMILES string of the molecule is CC(=O)NC[C@H]1CN(c2ccc(N3CCN(C(=O)OCC4=C(C(=O)O)N5C(=O)[C@@H](NC(=O)Cc6ccccc6)[C@H]5SC4)CC3)c(F)c2)C(=O)O1. The topological polar surface area (TPSA) is 178 Å². The molecule has 0 saturated carbocycles. The second-order valence-electron chi connectivity index (χ2n) is 12.1. The minimum Gasteiger partial charge on any atom is -0.477 e. The van der Waals surface area contributed by atoms with Crippen LogP contribution in [0.1, 0.15) is 12.5 Å². The predicted octanol–water partition coefficient (Wildman–Crippen LogP) is 1.53. The van der Waals surface area contributed by atoms with E-state index in [0.29, 0.717) is 11.4 Å². The van der Waals surface area contributed by atoms with Crippen molar-refractivity contribution >= 4 is 59.0 Å². The van der Waals surface area contributed by atoms with Gasteiger partial charge in [-0.2, -0.15) is 0 Å². The van der Waals surface area contributed by atoms with E-state index in [0.717, 1.165) is 10.5 Å². The van der Waals surface area contributed by atoms with Gasteiger partial charge in [0.15, 0.2) is 0 Å². The number of rotatable bonds is 10. The van der Waals surface area contributed by atoms with E-state index < -0.39 is 47.4 Å². The van der Waals surface area contributed by atoms with Crippen molar-refractivity contribution in [1.82, 2.24) is 20.4 Å².